The Labute approximate surface area is 237 Å². The summed E-state index contributed by atoms with van der Waals surface area (Å²) >= 11 is 0. The molecule has 6 nitrogen and oxygen atoms in total. The lowest BCUT2D eigenvalue weighted by molar-refractivity contribution is -0.109. The number of hydrogen-bond acceptors (Lipinski definition) is 5. The van der Waals surface area contributed by atoms with E-state index in [0.29, 0.717) is 29.8 Å². The van der Waals surface area contributed by atoms with Crippen molar-refractivity contribution in [3.05, 3.63) is 89.0 Å². The van der Waals surface area contributed by atoms with Gasteiger partial charge in [0.2, 0.25) is 6.41 Å². The largest absolute Gasteiger partial charge is 0.400 e. The zero-order valence-electron chi connectivity index (χ0n) is 23.1. The molecule has 0 aliphatic carbocycles. The topological polar surface area (TPSA) is 93.6 Å². The highest BCUT2D eigenvalue weighted by molar-refractivity contribution is 8.45. The van der Waals surface area contributed by atoms with E-state index in [-0.39, 0.29) is 6.10 Å². The Morgan fingerprint density at radius 1 is 0.878 bits per heavy atom. The molecule has 228 valence electrons. The fraction of sp³-hybridized carbons (Fsp3) is 0.345. The van der Waals surface area contributed by atoms with Gasteiger partial charge in [-0.2, -0.15) is 0 Å². The molecule has 0 saturated carbocycles. The van der Waals surface area contributed by atoms with Gasteiger partial charge < -0.3 is 26.2 Å². The van der Waals surface area contributed by atoms with Gasteiger partial charge in [-0.1, -0.05) is 79.6 Å². The van der Waals surface area contributed by atoms with Crippen LogP contribution in [-0.2, 0) is 24.3 Å². The van der Waals surface area contributed by atoms with Gasteiger partial charge in [0.05, 0.1) is 6.10 Å². The third kappa shape index (κ3) is 11.8. The zero-order valence-corrected chi connectivity index (χ0v) is 23.9. The van der Waals surface area contributed by atoms with E-state index >= 15 is 0 Å². The Bertz CT molecular complexity index is 1240. The molecule has 2 aliphatic rings. The predicted octanol–water partition coefficient (Wildman–Crippen LogP) is 5.85. The van der Waals surface area contributed by atoms with Gasteiger partial charge in [-0.25, -0.2) is 0 Å². The number of aliphatic hydroxyl groups is 2. The van der Waals surface area contributed by atoms with Crippen molar-refractivity contribution in [2.45, 2.75) is 43.9 Å². The first-order chi connectivity index (χ1) is 19.2. The number of β-amino-alcohol motifs (C(OH)–C–C–N with tert-alkyl or cyclic N) is 1. The molecule has 5 N–H and O–H groups in total. The Balaban J connectivity index is 0.000000233. The number of amides is 1. The van der Waals surface area contributed by atoms with Crippen LogP contribution in [0.4, 0.5) is 19.4 Å². The molecule has 0 spiro atoms. The summed E-state index contributed by atoms with van der Waals surface area (Å²) in [7, 11) is -8.57. The molecule has 2 aliphatic heterocycles. The predicted molar refractivity (Wildman–Crippen MR) is 154 cm³/mol. The lowest BCUT2D eigenvalue weighted by atomic mass is 9.98. The van der Waals surface area contributed by atoms with E-state index in [1.165, 1.54) is 16.7 Å². The molecule has 1 amide bonds. The molecule has 3 aromatic carbocycles. The number of carbonyl (C=O) groups is 1. The van der Waals surface area contributed by atoms with Crippen LogP contribution >= 0.6 is 10.2 Å². The highest BCUT2D eigenvalue weighted by Gasteiger charge is 2.65. The summed E-state index contributed by atoms with van der Waals surface area (Å²) in [6.45, 7) is 6.31. The molecule has 1 fully saturated rings. The standard InChI is InChI=1S/C13H11F5S.C11H14N2O.C4H9NO.CH4O/c1-10-2-4-11(5-3-10)12-6-8-13(9-7-12)19(14,15,16,17)18;14-8-13-6-9-1-2-11-7-12-4-3-10(11)5-9;6-4-1-2-5-3-4;1-2/h2-9H,1H3;1-2,5,8,12H,3-4,6-7H2,(H,13,14);4-6H,1-3H2;2H,1H3. The van der Waals surface area contributed by atoms with Gasteiger partial charge in [0.25, 0.3) is 0 Å². The van der Waals surface area contributed by atoms with Crippen LogP contribution in [0.1, 0.15) is 28.7 Å². The first-order valence-electron chi connectivity index (χ1n) is 13.0. The maximum atomic E-state index is 12.5. The van der Waals surface area contributed by atoms with Crippen LogP contribution in [0.2, 0.25) is 0 Å². The summed E-state index contributed by atoms with van der Waals surface area (Å²) in [5.74, 6) is 0. The summed E-state index contributed by atoms with van der Waals surface area (Å²) < 4.78 is 62.7. The molecule has 2 heterocycles. The Morgan fingerprint density at radius 3 is 1.98 bits per heavy atom. The molecule has 3 aromatic rings. The Kier molecular flexibility index (Phi) is 11.9. The van der Waals surface area contributed by atoms with Crippen molar-refractivity contribution in [1.29, 1.82) is 0 Å². The summed E-state index contributed by atoms with van der Waals surface area (Å²) in [5.41, 5.74) is 6.12. The molecule has 1 atom stereocenters. The highest BCUT2D eigenvalue weighted by Crippen LogP contribution is 3.02. The number of aryl methyl sites for hydroxylation is 1. The van der Waals surface area contributed by atoms with Crippen LogP contribution in [0.3, 0.4) is 0 Å². The number of nitrogens with one attached hydrogen (secondary N) is 3. The van der Waals surface area contributed by atoms with Crippen molar-refractivity contribution in [3.63, 3.8) is 0 Å². The first kappa shape index (κ1) is 34.2. The van der Waals surface area contributed by atoms with Gasteiger partial charge in [0, 0.05) is 26.7 Å². The fourth-order valence-electron chi connectivity index (χ4n) is 4.09. The number of aliphatic hydroxyl groups excluding tert-OH is 2. The number of carbonyl (C=O) groups excluding carboxylic acids is 1. The molecular formula is C29H38F5N3O3S. The zero-order chi connectivity index (χ0) is 30.6. The molecule has 5 rings (SSSR count). The maximum absolute atomic E-state index is 12.5. The number of fused-ring (bicyclic) bond motifs is 1. The van der Waals surface area contributed by atoms with Crippen molar-refractivity contribution in [2.24, 2.45) is 0 Å². The number of rotatable bonds is 5. The number of hydrogen-bond donors (Lipinski definition) is 5. The first-order valence-corrected chi connectivity index (χ1v) is 14.9. The van der Waals surface area contributed by atoms with Gasteiger partial charge in [0.1, 0.15) is 4.90 Å². The van der Waals surface area contributed by atoms with Crippen molar-refractivity contribution in [2.75, 3.05) is 26.7 Å². The third-order valence-corrected chi connectivity index (χ3v) is 7.43. The van der Waals surface area contributed by atoms with Crippen molar-refractivity contribution in [1.82, 2.24) is 16.0 Å². The Morgan fingerprint density at radius 2 is 1.49 bits per heavy atom. The van der Waals surface area contributed by atoms with E-state index in [9.17, 15) is 24.2 Å². The maximum Gasteiger partial charge on any atom is 0.310 e. The van der Waals surface area contributed by atoms with Crippen LogP contribution in [-0.4, -0.2) is 49.5 Å². The number of benzene rings is 3. The molecule has 1 saturated heterocycles. The summed E-state index contributed by atoms with van der Waals surface area (Å²) in [5, 5.41) is 24.7. The monoisotopic (exact) mass is 603 g/mol. The molecule has 0 bridgehead atoms. The molecule has 0 radical (unpaired) electrons. The average Bonchev–Trinajstić information content (AvgIpc) is 3.44. The van der Waals surface area contributed by atoms with Crippen LogP contribution in [0, 0.1) is 6.92 Å². The van der Waals surface area contributed by atoms with Crippen LogP contribution < -0.4 is 16.0 Å². The van der Waals surface area contributed by atoms with Gasteiger partial charge in [-0.15, -0.1) is 0 Å². The lowest BCUT2D eigenvalue weighted by Gasteiger charge is -2.40. The summed E-state index contributed by atoms with van der Waals surface area (Å²) in [4.78, 5) is 8.28. The van der Waals surface area contributed by atoms with Gasteiger partial charge >= 0.3 is 10.2 Å². The molecular weight excluding hydrogens is 565 g/mol. The minimum absolute atomic E-state index is 0.0648. The smallest absolute Gasteiger partial charge is 0.310 e. The van der Waals surface area contributed by atoms with Crippen LogP contribution in [0.15, 0.2) is 71.6 Å². The normalized spacial score (nSPS) is 17.4. The van der Waals surface area contributed by atoms with Gasteiger partial charge in [0.15, 0.2) is 0 Å². The minimum atomic E-state index is -9.57. The molecule has 41 heavy (non-hydrogen) atoms. The second-order valence-corrected chi connectivity index (χ2v) is 11.9. The molecule has 0 aromatic heterocycles. The highest BCUT2D eigenvalue weighted by atomic mass is 32.5. The van der Waals surface area contributed by atoms with E-state index in [4.69, 9.17) is 10.2 Å². The van der Waals surface area contributed by atoms with E-state index in [1.54, 1.807) is 24.3 Å². The van der Waals surface area contributed by atoms with E-state index < -0.39 is 15.1 Å². The molecule has 12 heteroatoms. The minimum Gasteiger partial charge on any atom is -0.400 e. The van der Waals surface area contributed by atoms with E-state index in [1.807, 2.05) is 6.92 Å². The van der Waals surface area contributed by atoms with Crippen molar-refractivity contribution in [3.8, 4) is 11.1 Å². The van der Waals surface area contributed by atoms with E-state index in [0.717, 1.165) is 70.2 Å². The molecule has 1 unspecified atom stereocenters. The second-order valence-electron chi connectivity index (χ2n) is 9.53. The van der Waals surface area contributed by atoms with Crippen molar-refractivity contribution < 1.29 is 34.4 Å². The average molecular weight is 604 g/mol. The van der Waals surface area contributed by atoms with Crippen LogP contribution in [0.5, 0.6) is 0 Å². The fourth-order valence-corrected chi connectivity index (χ4v) is 4.74. The quantitative estimate of drug-likeness (QED) is 0.187. The summed E-state index contributed by atoms with van der Waals surface area (Å²) in [6.07, 6.45) is 2.69. The lowest BCUT2D eigenvalue weighted by Crippen LogP contribution is -2.23. The van der Waals surface area contributed by atoms with Gasteiger partial charge in [-0.3, -0.25) is 4.79 Å². The second kappa shape index (κ2) is 14.2. The van der Waals surface area contributed by atoms with Gasteiger partial charge in [-0.05, 0) is 72.8 Å². The third-order valence-electron chi connectivity index (χ3n) is 6.27. The van der Waals surface area contributed by atoms with Crippen LogP contribution in [0.25, 0.3) is 11.1 Å². The number of halogens is 5. The van der Waals surface area contributed by atoms with Crippen molar-refractivity contribution >= 4 is 16.6 Å². The SMILES string of the molecule is CO.Cc1ccc(-c2ccc(S(F)(F)(F)(F)F)cc2)cc1.O=CNCc1ccc2c(c1)CCNC2.OC1CCNC1. The van der Waals surface area contributed by atoms with E-state index in [2.05, 4.69) is 34.1 Å². The Hall–Kier alpha value is -3.03. The summed E-state index contributed by atoms with van der Waals surface area (Å²) in [6, 6.07) is 16.4.